The maximum absolute atomic E-state index is 12.5. The molecule has 3 aliphatic heterocycles. The number of likely N-dealkylation sites (tertiary alicyclic amines) is 1. The minimum absolute atomic E-state index is 0.00229. The third kappa shape index (κ3) is 19.2. The van der Waals surface area contributed by atoms with Gasteiger partial charge in [0.05, 0.1) is 6.04 Å². The van der Waals surface area contributed by atoms with Crippen LogP contribution in [0.15, 0.2) is 237 Å². The van der Waals surface area contributed by atoms with Crippen LogP contribution in [-0.2, 0) is 4.79 Å². The molecule has 7 N–H and O–H groups in total. The fourth-order valence-electron chi connectivity index (χ4n) is 14.0. The number of rotatable bonds is 24. The van der Waals surface area contributed by atoms with E-state index in [1.54, 1.807) is 24.3 Å². The van der Waals surface area contributed by atoms with E-state index in [4.69, 9.17) is 0 Å². The van der Waals surface area contributed by atoms with E-state index in [9.17, 15) is 30.3 Å². The molecule has 4 aliphatic rings. The predicted octanol–water partition coefficient (Wildman–Crippen LogP) is 16.8. The molecule has 11 nitrogen and oxygen atoms in total. The van der Waals surface area contributed by atoms with Crippen LogP contribution in [0.4, 0.5) is 11.4 Å². The van der Waals surface area contributed by atoms with Crippen molar-refractivity contribution in [3.05, 3.63) is 298 Å². The van der Waals surface area contributed by atoms with Crippen LogP contribution in [0.3, 0.4) is 0 Å². The number of hydrogen-bond donors (Lipinski definition) is 7. The number of nitrogens with one attached hydrogen (secondary N) is 2. The van der Waals surface area contributed by atoms with Gasteiger partial charge in [-0.25, -0.2) is 0 Å². The molecule has 1 amide bonds. The lowest BCUT2D eigenvalue weighted by atomic mass is 9.85. The maximum Gasteiger partial charge on any atom is 0.241 e. The van der Waals surface area contributed by atoms with E-state index in [2.05, 4.69) is 186 Å². The van der Waals surface area contributed by atoms with Gasteiger partial charge in [0.2, 0.25) is 5.91 Å². The molecule has 4 fully saturated rings. The molecule has 512 valence electrons. The number of hydrogen-bond acceptors (Lipinski definition) is 10. The van der Waals surface area contributed by atoms with Gasteiger partial charge in [0.15, 0.2) is 0 Å². The molecule has 1 atom stereocenters. The number of nitrogens with zero attached hydrogens (tertiary/aromatic N) is 3. The van der Waals surface area contributed by atoms with E-state index in [1.807, 2.05) is 72.8 Å². The largest absolute Gasteiger partial charge is 0.508 e. The highest BCUT2D eigenvalue weighted by atomic mass is 16.3. The number of anilines is 2. The molecule has 1 aliphatic carbocycles. The van der Waals surface area contributed by atoms with E-state index in [1.165, 1.54) is 92.9 Å². The van der Waals surface area contributed by atoms with E-state index < -0.39 is 0 Å². The summed E-state index contributed by atoms with van der Waals surface area (Å²) < 4.78 is 0. The molecule has 0 spiro atoms. The second-order valence-electron chi connectivity index (χ2n) is 27.0. The number of aliphatic hydroxyl groups excluding tert-OH is 3. The summed E-state index contributed by atoms with van der Waals surface area (Å²) in [7, 11) is 0. The molecule has 1 saturated carbocycles. The summed E-state index contributed by atoms with van der Waals surface area (Å²) in [5.74, 6) is 1.13. The zero-order chi connectivity index (χ0) is 68.9. The van der Waals surface area contributed by atoms with Crippen LogP contribution < -0.4 is 15.5 Å². The summed E-state index contributed by atoms with van der Waals surface area (Å²) in [6, 6.07) is 82.2. The van der Waals surface area contributed by atoms with Gasteiger partial charge >= 0.3 is 0 Å². The molecule has 13 rings (SSSR count). The minimum atomic E-state index is -0.125. The zero-order valence-corrected chi connectivity index (χ0v) is 58.0. The Hall–Kier alpha value is -9.17. The van der Waals surface area contributed by atoms with Crippen molar-refractivity contribution in [3.63, 3.8) is 0 Å². The second-order valence-corrected chi connectivity index (χ2v) is 27.0. The van der Waals surface area contributed by atoms with Crippen LogP contribution in [0.5, 0.6) is 11.5 Å². The summed E-state index contributed by atoms with van der Waals surface area (Å²) in [5.41, 5.74) is 22.0. The summed E-state index contributed by atoms with van der Waals surface area (Å²) >= 11 is 0. The Morgan fingerprint density at radius 2 is 0.848 bits per heavy atom. The van der Waals surface area contributed by atoms with E-state index >= 15 is 0 Å². The molecule has 9 aromatic carbocycles. The van der Waals surface area contributed by atoms with Crippen LogP contribution in [0.2, 0.25) is 0 Å². The Balaban J connectivity index is 0.000000150. The van der Waals surface area contributed by atoms with Crippen LogP contribution >= 0.6 is 0 Å². The van der Waals surface area contributed by atoms with Gasteiger partial charge in [-0.05, 0) is 229 Å². The zero-order valence-electron chi connectivity index (χ0n) is 58.0. The first-order valence-corrected chi connectivity index (χ1v) is 35.9. The van der Waals surface area contributed by atoms with Gasteiger partial charge in [0.1, 0.15) is 11.5 Å². The van der Waals surface area contributed by atoms with Gasteiger partial charge in [-0.15, -0.1) is 0 Å². The third-order valence-corrected chi connectivity index (χ3v) is 19.7. The average molecular weight is 1320 g/mol. The highest BCUT2D eigenvalue weighted by molar-refractivity contribution is 6.01. The predicted molar refractivity (Wildman–Crippen MR) is 409 cm³/mol. The quantitative estimate of drug-likeness (QED) is 0.0291. The molecular weight excluding hydrogens is 1220 g/mol. The molecule has 99 heavy (non-hydrogen) atoms. The molecule has 11 heteroatoms. The van der Waals surface area contributed by atoms with Gasteiger partial charge in [0.25, 0.3) is 0 Å². The first-order valence-electron chi connectivity index (χ1n) is 35.9. The number of carbonyl (C=O) groups is 1. The smallest absolute Gasteiger partial charge is 0.241 e. The van der Waals surface area contributed by atoms with Crippen molar-refractivity contribution in [3.8, 4) is 11.5 Å². The van der Waals surface area contributed by atoms with Gasteiger partial charge in [-0.3, -0.25) is 14.6 Å². The molecule has 3 heterocycles. The van der Waals surface area contributed by atoms with Gasteiger partial charge in [-0.2, -0.15) is 0 Å². The number of phenolic OH excluding ortho intramolecular Hbond substituents is 2. The summed E-state index contributed by atoms with van der Waals surface area (Å²) in [5, 5.41) is 54.6. The fraction of sp³-hybridized carbons (Fsp3) is 0.307. The van der Waals surface area contributed by atoms with Crippen molar-refractivity contribution in [1.29, 1.82) is 0 Å². The Morgan fingerprint density at radius 3 is 1.22 bits per heavy atom. The van der Waals surface area contributed by atoms with Crippen molar-refractivity contribution in [2.75, 3.05) is 75.9 Å². The maximum atomic E-state index is 12.5. The number of aromatic hydroxyl groups is 2. The monoisotopic (exact) mass is 1320 g/mol. The first kappa shape index (κ1) is 71.1. The van der Waals surface area contributed by atoms with Crippen molar-refractivity contribution >= 4 is 50.7 Å². The normalized spacial score (nSPS) is 16.5. The molecule has 0 bridgehead atoms. The topological polar surface area (TPSA) is 152 Å². The van der Waals surface area contributed by atoms with E-state index in [0.29, 0.717) is 31.2 Å². The van der Waals surface area contributed by atoms with Gasteiger partial charge in [0, 0.05) is 88.5 Å². The molecule has 0 radical (unpaired) electrons. The Bertz CT molecular complexity index is 4060. The van der Waals surface area contributed by atoms with Gasteiger partial charge in [-0.1, -0.05) is 194 Å². The highest BCUT2D eigenvalue weighted by Crippen LogP contribution is 2.42. The van der Waals surface area contributed by atoms with Crippen molar-refractivity contribution in [1.82, 2.24) is 15.1 Å². The van der Waals surface area contributed by atoms with Crippen molar-refractivity contribution in [2.24, 2.45) is 0 Å². The lowest BCUT2D eigenvalue weighted by Crippen LogP contribution is -2.48. The molecular formula is C88H99N5O6. The number of benzene rings is 9. The highest BCUT2D eigenvalue weighted by Gasteiger charge is 2.38. The number of aliphatic hydroxyl groups is 3. The molecule has 0 aromatic heterocycles. The number of allylic oxidation sites excluding steroid dienone is 3. The fourth-order valence-corrected chi connectivity index (χ4v) is 14.0. The summed E-state index contributed by atoms with van der Waals surface area (Å²) in [6.45, 7) is 14.8. The van der Waals surface area contributed by atoms with Crippen molar-refractivity contribution in [2.45, 2.75) is 109 Å². The standard InChI is InChI=1S/C31H38N2O.C29H31NO2.C28H30N2O3/c1-24(2)32-19-21-33(22-20-32)29-17-15-28(16-18-29)31(27-13-11-25(3)12-14-27)30(10-7-23-34)26-8-5-4-6-9-26;31-18-4-7-28(22-5-2-1-3-6-22)29(24-12-16-27(32)17-13-24)23-10-8-21(9-11-23)25-19-30(20-25)26-14-15-26;31-19-5-8-25(20-6-2-1-3-7-20)27(22-12-16-24(32)17-13-22)21-10-14-23(15-11-21)30-28(33)26-9-4-18-29-26/h4-6,8-9,11-18,24,34H,7,10,19-23H2,1-3H3;1-3,5-6,8-13,16-17,25-26,31-32H,4,7,14-15,18-20H2;1-3,6-7,10-17,26,29,31-32H,4-5,8-9,18-19H2,(H,30,33)/b31-30-;29-28+;27-25+. The van der Waals surface area contributed by atoms with E-state index in [0.717, 1.165) is 110 Å². The lowest BCUT2D eigenvalue weighted by Gasteiger charge is -2.40. The number of piperazine rings is 1. The van der Waals surface area contributed by atoms with E-state index in [-0.39, 0.29) is 43.3 Å². The number of amides is 1. The Morgan fingerprint density at radius 1 is 0.465 bits per heavy atom. The number of phenols is 2. The molecule has 1 unspecified atom stereocenters. The average Bonchev–Trinajstić information content (AvgIpc) is 1.68. The third-order valence-electron chi connectivity index (χ3n) is 19.7. The number of aryl methyl sites for hydroxylation is 1. The van der Waals surface area contributed by atoms with Crippen molar-refractivity contribution < 1.29 is 30.3 Å². The lowest BCUT2D eigenvalue weighted by molar-refractivity contribution is -0.117. The summed E-state index contributed by atoms with van der Waals surface area (Å²) in [4.78, 5) is 20.1. The van der Waals surface area contributed by atoms with Crippen LogP contribution in [-0.4, -0.2) is 125 Å². The minimum Gasteiger partial charge on any atom is -0.508 e. The number of carbonyl (C=O) groups excluding carboxylic acids is 1. The SMILES string of the molecule is Cc1ccc(/C(=C(\CCCO)c2ccccc2)c2ccc(N3CCN(C(C)C)CC3)cc2)cc1.O=C(Nc1ccc(/C(=C(/CCCO)c2ccccc2)c2ccc(O)cc2)cc1)C1CCCN1.OCCC/C(=C(\c1ccc(O)cc1)c1ccc(C2CN(C3CC3)C2)cc1)c1ccccc1. The Kier molecular flexibility index (Phi) is 25.5. The van der Waals surface area contributed by atoms with Crippen LogP contribution in [0.1, 0.15) is 145 Å². The second kappa shape index (κ2) is 35.6. The molecule has 3 saturated heterocycles. The molecule has 9 aromatic rings. The van der Waals surface area contributed by atoms with Crippen LogP contribution in [0, 0.1) is 6.92 Å². The van der Waals surface area contributed by atoms with Crippen LogP contribution in [0.25, 0.3) is 33.4 Å². The Labute approximate surface area is 587 Å². The van der Waals surface area contributed by atoms with Gasteiger partial charge < -0.3 is 41.1 Å². The first-order chi connectivity index (χ1) is 48.4. The summed E-state index contributed by atoms with van der Waals surface area (Å²) in [6.07, 6.45) is 9.08.